The molecule has 0 atom stereocenters. The normalized spacial score (nSPS) is 10.9. The van der Waals surface area contributed by atoms with Crippen molar-refractivity contribution in [3.05, 3.63) is 69.4 Å². The molecular weight excluding hydrogens is 323 g/mol. The second kappa shape index (κ2) is 6.88. The highest BCUT2D eigenvalue weighted by Gasteiger charge is 2.16. The number of aromatic nitrogens is 4. The monoisotopic (exact) mass is 342 g/mol. The summed E-state index contributed by atoms with van der Waals surface area (Å²) in [5.74, 6) is 0.244. The molecule has 3 rings (SSSR count). The quantitative estimate of drug-likeness (QED) is 0.715. The van der Waals surface area contributed by atoms with Crippen LogP contribution in [0.3, 0.4) is 0 Å². The van der Waals surface area contributed by atoms with E-state index in [-0.39, 0.29) is 12.2 Å². The molecule has 7 heteroatoms. The molecule has 0 saturated heterocycles. The van der Waals surface area contributed by atoms with Gasteiger partial charge in [-0.1, -0.05) is 30.7 Å². The van der Waals surface area contributed by atoms with Crippen LogP contribution in [-0.2, 0) is 20.1 Å². The third-order valence-electron chi connectivity index (χ3n) is 4.01. The van der Waals surface area contributed by atoms with Crippen LogP contribution in [0.2, 0.25) is 0 Å². The van der Waals surface area contributed by atoms with Gasteiger partial charge in [-0.25, -0.2) is 9.18 Å². The zero-order valence-electron chi connectivity index (χ0n) is 14.4. The van der Waals surface area contributed by atoms with E-state index in [0.717, 1.165) is 26.9 Å². The molecule has 3 aromatic rings. The minimum atomic E-state index is -0.458. The summed E-state index contributed by atoms with van der Waals surface area (Å²) < 4.78 is 22.4. The van der Waals surface area contributed by atoms with Crippen LogP contribution in [0.5, 0.6) is 5.75 Å². The lowest BCUT2D eigenvalue weighted by Crippen LogP contribution is -2.23. The number of nitrogens with zero attached hydrogens (tertiary/aromatic N) is 4. The molecule has 6 nitrogen and oxygen atoms in total. The number of ether oxygens (including phenoxy) is 1. The summed E-state index contributed by atoms with van der Waals surface area (Å²) in [5.41, 5.74) is 2.32. The molecule has 0 aliphatic carbocycles. The van der Waals surface area contributed by atoms with Gasteiger partial charge in [0, 0.05) is 7.05 Å². The first-order valence-electron chi connectivity index (χ1n) is 8.00. The number of tetrazole rings is 1. The van der Waals surface area contributed by atoms with E-state index in [1.807, 2.05) is 32.0 Å². The maximum Gasteiger partial charge on any atom is 0.368 e. The smallest absolute Gasteiger partial charge is 0.368 e. The first kappa shape index (κ1) is 16.9. The third kappa shape index (κ3) is 3.31. The Labute approximate surface area is 144 Å². The van der Waals surface area contributed by atoms with E-state index in [0.29, 0.717) is 11.4 Å². The molecule has 0 N–H and O–H groups in total. The summed E-state index contributed by atoms with van der Waals surface area (Å²) in [6.07, 6.45) is 0.810. The Morgan fingerprint density at radius 3 is 2.68 bits per heavy atom. The highest BCUT2D eigenvalue weighted by Crippen LogP contribution is 2.24. The van der Waals surface area contributed by atoms with E-state index < -0.39 is 11.5 Å². The molecule has 0 aliphatic heterocycles. The van der Waals surface area contributed by atoms with Gasteiger partial charge in [0.15, 0.2) is 0 Å². The van der Waals surface area contributed by atoms with E-state index in [2.05, 4.69) is 10.4 Å². The number of benzene rings is 2. The van der Waals surface area contributed by atoms with Gasteiger partial charge in [0.25, 0.3) is 0 Å². The number of aryl methyl sites for hydroxylation is 3. The average Bonchev–Trinajstić information content (AvgIpc) is 2.93. The molecule has 1 aromatic heterocycles. The standard InChI is InChI=1S/C18H19FN4O2/c1-4-13-10-12(2)8-9-17(13)25-11-14-15(19)6-5-7-16(14)23-18(24)22(3)20-21-23/h5-10H,4,11H2,1-3H3. The van der Waals surface area contributed by atoms with Gasteiger partial charge in [-0.3, -0.25) is 0 Å². The maximum atomic E-state index is 14.4. The zero-order chi connectivity index (χ0) is 18.0. The topological polar surface area (TPSA) is 61.9 Å². The van der Waals surface area contributed by atoms with Crippen LogP contribution < -0.4 is 10.4 Å². The molecular formula is C18H19FN4O2. The lowest BCUT2D eigenvalue weighted by molar-refractivity contribution is 0.296. The molecule has 0 aliphatic rings. The number of halogens is 1. The van der Waals surface area contributed by atoms with Crippen LogP contribution in [0.15, 0.2) is 41.2 Å². The van der Waals surface area contributed by atoms with Crippen molar-refractivity contribution in [1.29, 1.82) is 0 Å². The predicted octanol–water partition coefficient (Wildman–Crippen LogP) is 2.55. The predicted molar refractivity (Wildman–Crippen MR) is 91.4 cm³/mol. The fourth-order valence-corrected chi connectivity index (χ4v) is 2.63. The van der Waals surface area contributed by atoms with Gasteiger partial charge >= 0.3 is 5.69 Å². The van der Waals surface area contributed by atoms with Gasteiger partial charge < -0.3 is 4.74 Å². The van der Waals surface area contributed by atoms with Crippen molar-refractivity contribution < 1.29 is 9.13 Å². The Bertz CT molecular complexity index is 962. The summed E-state index contributed by atoms with van der Waals surface area (Å²) in [4.78, 5) is 12.1. The first-order chi connectivity index (χ1) is 12.0. The van der Waals surface area contributed by atoms with E-state index in [1.165, 1.54) is 19.2 Å². The van der Waals surface area contributed by atoms with Crippen LogP contribution in [0.4, 0.5) is 4.39 Å². The number of rotatable bonds is 5. The molecule has 0 saturated carbocycles. The Morgan fingerprint density at radius 1 is 1.20 bits per heavy atom. The fourth-order valence-electron chi connectivity index (χ4n) is 2.63. The van der Waals surface area contributed by atoms with Gasteiger partial charge in [0.05, 0.1) is 11.3 Å². The summed E-state index contributed by atoms with van der Waals surface area (Å²) in [6, 6.07) is 10.4. The lowest BCUT2D eigenvalue weighted by Gasteiger charge is -2.14. The second-order valence-corrected chi connectivity index (χ2v) is 5.79. The largest absolute Gasteiger partial charge is 0.488 e. The van der Waals surface area contributed by atoms with Crippen molar-refractivity contribution in [2.45, 2.75) is 26.9 Å². The molecule has 0 spiro atoms. The molecule has 25 heavy (non-hydrogen) atoms. The Hall–Kier alpha value is -2.96. The molecule has 130 valence electrons. The Morgan fingerprint density at radius 2 is 2.00 bits per heavy atom. The van der Waals surface area contributed by atoms with E-state index >= 15 is 0 Å². The number of hydrogen-bond donors (Lipinski definition) is 0. The third-order valence-corrected chi connectivity index (χ3v) is 4.01. The van der Waals surface area contributed by atoms with Crippen molar-refractivity contribution in [1.82, 2.24) is 19.8 Å². The van der Waals surface area contributed by atoms with Crippen LogP contribution in [0.1, 0.15) is 23.6 Å². The van der Waals surface area contributed by atoms with E-state index in [9.17, 15) is 9.18 Å². The molecule has 0 unspecified atom stereocenters. The van der Waals surface area contributed by atoms with Crippen LogP contribution >= 0.6 is 0 Å². The maximum absolute atomic E-state index is 14.4. The first-order valence-corrected chi connectivity index (χ1v) is 8.00. The van der Waals surface area contributed by atoms with Gasteiger partial charge in [-0.2, -0.15) is 9.36 Å². The van der Waals surface area contributed by atoms with Gasteiger partial charge in [-0.05, 0) is 47.5 Å². The fraction of sp³-hybridized carbons (Fsp3) is 0.278. The van der Waals surface area contributed by atoms with Crippen molar-refractivity contribution >= 4 is 0 Å². The highest BCUT2D eigenvalue weighted by atomic mass is 19.1. The van der Waals surface area contributed by atoms with Crippen LogP contribution in [-0.4, -0.2) is 19.8 Å². The minimum Gasteiger partial charge on any atom is -0.488 e. The highest BCUT2D eigenvalue weighted by molar-refractivity contribution is 5.42. The van der Waals surface area contributed by atoms with Crippen molar-refractivity contribution in [2.24, 2.45) is 7.05 Å². The number of hydrogen-bond acceptors (Lipinski definition) is 4. The molecule has 1 heterocycles. The molecule has 0 fully saturated rings. The average molecular weight is 342 g/mol. The molecule has 0 radical (unpaired) electrons. The molecule has 0 bridgehead atoms. The Kier molecular flexibility index (Phi) is 4.65. The van der Waals surface area contributed by atoms with Crippen molar-refractivity contribution in [3.8, 4) is 11.4 Å². The summed E-state index contributed by atoms with van der Waals surface area (Å²) in [6.45, 7) is 4.04. The van der Waals surface area contributed by atoms with Crippen LogP contribution in [0, 0.1) is 12.7 Å². The van der Waals surface area contributed by atoms with Crippen molar-refractivity contribution in [3.63, 3.8) is 0 Å². The van der Waals surface area contributed by atoms with Gasteiger partial charge in [0.1, 0.15) is 18.2 Å². The zero-order valence-corrected chi connectivity index (χ0v) is 14.4. The molecule has 2 aromatic carbocycles. The van der Waals surface area contributed by atoms with E-state index in [1.54, 1.807) is 6.07 Å². The summed E-state index contributed by atoms with van der Waals surface area (Å²) in [7, 11) is 1.49. The van der Waals surface area contributed by atoms with Gasteiger partial charge in [-0.15, -0.1) is 0 Å². The van der Waals surface area contributed by atoms with E-state index in [4.69, 9.17) is 4.74 Å². The summed E-state index contributed by atoms with van der Waals surface area (Å²) >= 11 is 0. The second-order valence-electron chi connectivity index (χ2n) is 5.79. The van der Waals surface area contributed by atoms with Crippen LogP contribution in [0.25, 0.3) is 5.69 Å². The SMILES string of the molecule is CCc1cc(C)ccc1OCc1c(F)cccc1-n1nnn(C)c1=O. The minimum absolute atomic E-state index is 0.0128. The van der Waals surface area contributed by atoms with Crippen molar-refractivity contribution in [2.75, 3.05) is 0 Å². The van der Waals surface area contributed by atoms with Gasteiger partial charge in [0.2, 0.25) is 0 Å². The Balaban J connectivity index is 1.96. The molecule has 0 amide bonds. The summed E-state index contributed by atoms with van der Waals surface area (Å²) in [5, 5.41) is 7.46. The lowest BCUT2D eigenvalue weighted by atomic mass is 10.1.